The molecule has 0 fully saturated rings. The summed E-state index contributed by atoms with van der Waals surface area (Å²) in [5.41, 5.74) is 1.41. The summed E-state index contributed by atoms with van der Waals surface area (Å²) in [6.07, 6.45) is 1.03. The normalized spacial score (nSPS) is 12.6. The topological polar surface area (TPSA) is 59.7 Å². The Bertz CT molecular complexity index is 875. The van der Waals surface area contributed by atoms with Gasteiger partial charge in [-0.3, -0.25) is 4.40 Å². The molecule has 0 saturated heterocycles. The van der Waals surface area contributed by atoms with Gasteiger partial charge >= 0.3 is 0 Å². The van der Waals surface area contributed by atoms with Crippen LogP contribution in [-0.2, 0) is 11.3 Å². The number of aliphatic hydroxyl groups excluding tert-OH is 1. The number of benzene rings is 1. The molecule has 0 saturated carbocycles. The van der Waals surface area contributed by atoms with Crippen LogP contribution in [0.1, 0.15) is 5.56 Å². The number of thioether (sulfide) groups is 1. The summed E-state index contributed by atoms with van der Waals surface area (Å²) < 4.78 is 7.23. The van der Waals surface area contributed by atoms with Crippen molar-refractivity contribution in [2.45, 2.75) is 17.9 Å². The molecule has 5 nitrogen and oxygen atoms in total. The zero-order valence-corrected chi connectivity index (χ0v) is 16.0. The zero-order chi connectivity index (χ0) is 17.8. The number of rotatable bonds is 7. The number of aromatic nitrogens is 3. The molecule has 0 spiro atoms. The first-order chi connectivity index (χ1) is 12.0. The zero-order valence-electron chi connectivity index (χ0n) is 12.9. The Hall–Kier alpha value is -1.02. The molecule has 0 aliphatic carbocycles. The van der Waals surface area contributed by atoms with Gasteiger partial charge in [-0.15, -0.1) is 10.2 Å². The van der Waals surface area contributed by atoms with Crippen LogP contribution in [0.15, 0.2) is 41.7 Å². The minimum Gasteiger partial charge on any atom is -0.390 e. The van der Waals surface area contributed by atoms with E-state index < -0.39 is 6.10 Å². The van der Waals surface area contributed by atoms with Crippen LogP contribution < -0.4 is 0 Å². The molecule has 25 heavy (non-hydrogen) atoms. The van der Waals surface area contributed by atoms with Gasteiger partial charge in [-0.1, -0.05) is 64.8 Å². The van der Waals surface area contributed by atoms with E-state index in [0.717, 1.165) is 5.56 Å². The summed E-state index contributed by atoms with van der Waals surface area (Å²) in [7, 11) is 0. The first-order valence-corrected chi connectivity index (χ1v) is 9.48. The molecule has 0 bridgehead atoms. The lowest BCUT2D eigenvalue weighted by Gasteiger charge is -2.11. The Morgan fingerprint density at radius 2 is 1.96 bits per heavy atom. The lowest BCUT2D eigenvalue weighted by molar-refractivity contribution is 0.0398. The van der Waals surface area contributed by atoms with Gasteiger partial charge in [0.2, 0.25) is 0 Å². The second kappa shape index (κ2) is 8.58. The maximum atomic E-state index is 10.1. The summed E-state index contributed by atoms with van der Waals surface area (Å²) in [6.45, 7) is 0.539. The molecule has 1 unspecified atom stereocenters. The number of aliphatic hydroxyl groups is 1. The Morgan fingerprint density at radius 1 is 1.16 bits per heavy atom. The number of fused-ring (bicyclic) bond motifs is 1. The Labute approximate surface area is 163 Å². The summed E-state index contributed by atoms with van der Waals surface area (Å²) in [5, 5.41) is 20.3. The van der Waals surface area contributed by atoms with Crippen LogP contribution in [0.3, 0.4) is 0 Å². The van der Waals surface area contributed by atoms with Crippen LogP contribution in [-0.4, -0.2) is 38.2 Å². The summed E-state index contributed by atoms with van der Waals surface area (Å²) in [4.78, 5) is 0. The molecule has 1 N–H and O–H groups in total. The van der Waals surface area contributed by atoms with Crippen LogP contribution >= 0.6 is 46.6 Å². The third kappa shape index (κ3) is 4.78. The minimum atomic E-state index is -0.658. The molecule has 0 radical (unpaired) electrons. The highest BCUT2D eigenvalue weighted by Gasteiger charge is 2.13. The molecule has 1 aromatic carbocycles. The summed E-state index contributed by atoms with van der Waals surface area (Å²) in [5.74, 6) is 0.396. The van der Waals surface area contributed by atoms with E-state index >= 15 is 0 Å². The number of hydrogen-bond acceptors (Lipinski definition) is 5. The van der Waals surface area contributed by atoms with Crippen molar-refractivity contribution in [2.24, 2.45) is 0 Å². The smallest absolute Gasteiger partial charge is 0.195 e. The van der Waals surface area contributed by atoms with Crippen molar-refractivity contribution >= 4 is 52.2 Å². The molecule has 9 heteroatoms. The van der Waals surface area contributed by atoms with E-state index in [-0.39, 0.29) is 6.61 Å². The van der Waals surface area contributed by atoms with Gasteiger partial charge in [0.1, 0.15) is 0 Å². The fourth-order valence-electron chi connectivity index (χ4n) is 2.14. The molecule has 132 valence electrons. The van der Waals surface area contributed by atoms with Gasteiger partial charge in [-0.05, 0) is 17.7 Å². The molecule has 2 aromatic heterocycles. The second-order valence-electron chi connectivity index (χ2n) is 5.25. The SMILES string of the molecule is OC(COCc1ccccc1Cl)CSc1nnc2c(Cl)cc(Cl)cn12. The Balaban J connectivity index is 1.53. The lowest BCUT2D eigenvalue weighted by atomic mass is 10.2. The largest absolute Gasteiger partial charge is 0.390 e. The van der Waals surface area contributed by atoms with Gasteiger partial charge in [0.25, 0.3) is 0 Å². The van der Waals surface area contributed by atoms with Crippen molar-refractivity contribution in [3.63, 3.8) is 0 Å². The van der Waals surface area contributed by atoms with Crippen molar-refractivity contribution in [1.29, 1.82) is 0 Å². The van der Waals surface area contributed by atoms with Crippen molar-refractivity contribution in [3.05, 3.63) is 57.2 Å². The van der Waals surface area contributed by atoms with E-state index in [2.05, 4.69) is 10.2 Å². The standard InChI is InChI=1S/C16H14Cl3N3O2S/c17-11-5-14(19)15-20-21-16(22(15)6-11)25-9-12(23)8-24-7-10-3-1-2-4-13(10)18/h1-6,12,23H,7-9H2. The molecular formula is C16H14Cl3N3O2S. The third-order valence-electron chi connectivity index (χ3n) is 3.33. The van der Waals surface area contributed by atoms with E-state index in [1.54, 1.807) is 22.7 Å². The first-order valence-electron chi connectivity index (χ1n) is 7.36. The van der Waals surface area contributed by atoms with Crippen molar-refractivity contribution in [1.82, 2.24) is 14.6 Å². The number of halogens is 3. The number of hydrogen-bond donors (Lipinski definition) is 1. The van der Waals surface area contributed by atoms with Crippen LogP contribution in [0.2, 0.25) is 15.1 Å². The third-order valence-corrected chi connectivity index (χ3v) is 5.27. The summed E-state index contributed by atoms with van der Waals surface area (Å²) in [6, 6.07) is 9.06. The number of nitrogens with zero attached hydrogens (tertiary/aromatic N) is 3. The molecule has 3 rings (SSSR count). The van der Waals surface area contributed by atoms with Gasteiger partial charge in [0, 0.05) is 17.0 Å². The maximum Gasteiger partial charge on any atom is 0.195 e. The quantitative estimate of drug-likeness (QED) is 0.578. The predicted molar refractivity (Wildman–Crippen MR) is 101 cm³/mol. The fraction of sp³-hybridized carbons (Fsp3) is 0.250. The molecule has 0 aliphatic heterocycles. The second-order valence-corrected chi connectivity index (χ2v) is 7.49. The first kappa shape index (κ1) is 18.8. The monoisotopic (exact) mass is 417 g/mol. The van der Waals surface area contributed by atoms with Crippen molar-refractivity contribution in [2.75, 3.05) is 12.4 Å². The summed E-state index contributed by atoms with van der Waals surface area (Å²) >= 11 is 19.5. The maximum absolute atomic E-state index is 10.1. The van der Waals surface area contributed by atoms with Crippen LogP contribution in [0.5, 0.6) is 0 Å². The van der Waals surface area contributed by atoms with Crippen LogP contribution in [0, 0.1) is 0 Å². The van der Waals surface area contributed by atoms with Gasteiger partial charge in [-0.25, -0.2) is 0 Å². The highest BCUT2D eigenvalue weighted by Crippen LogP contribution is 2.25. The number of ether oxygens (including phenoxy) is 1. The van der Waals surface area contributed by atoms with Crippen molar-refractivity contribution in [3.8, 4) is 0 Å². The molecule has 1 atom stereocenters. The average Bonchev–Trinajstić information content (AvgIpc) is 2.98. The van der Waals surface area contributed by atoms with E-state index in [0.29, 0.717) is 38.2 Å². The fourth-order valence-corrected chi connectivity index (χ4v) is 3.65. The molecule has 0 amide bonds. The molecule has 3 aromatic rings. The van der Waals surface area contributed by atoms with Gasteiger partial charge in [-0.2, -0.15) is 0 Å². The molecular weight excluding hydrogens is 405 g/mol. The minimum absolute atomic E-state index is 0.191. The lowest BCUT2D eigenvalue weighted by Crippen LogP contribution is -2.18. The van der Waals surface area contributed by atoms with Crippen LogP contribution in [0.4, 0.5) is 0 Å². The highest BCUT2D eigenvalue weighted by molar-refractivity contribution is 7.99. The van der Waals surface area contributed by atoms with Crippen molar-refractivity contribution < 1.29 is 9.84 Å². The van der Waals surface area contributed by atoms with E-state index in [4.69, 9.17) is 39.5 Å². The van der Waals surface area contributed by atoms with Crippen LogP contribution in [0.25, 0.3) is 5.65 Å². The van der Waals surface area contributed by atoms with E-state index in [1.807, 2.05) is 18.2 Å². The predicted octanol–water partition coefficient (Wildman–Crippen LogP) is 4.36. The molecule has 0 aliphatic rings. The highest BCUT2D eigenvalue weighted by atomic mass is 35.5. The van der Waals surface area contributed by atoms with E-state index in [1.165, 1.54) is 11.8 Å². The average molecular weight is 419 g/mol. The Morgan fingerprint density at radius 3 is 2.76 bits per heavy atom. The Kier molecular flexibility index (Phi) is 6.44. The van der Waals surface area contributed by atoms with Gasteiger partial charge < -0.3 is 9.84 Å². The molecule has 2 heterocycles. The van der Waals surface area contributed by atoms with Gasteiger partial charge in [0.05, 0.1) is 29.4 Å². The van der Waals surface area contributed by atoms with Gasteiger partial charge in [0.15, 0.2) is 10.8 Å². The number of pyridine rings is 1. The van der Waals surface area contributed by atoms with E-state index in [9.17, 15) is 5.11 Å².